The molecule has 0 unspecified atom stereocenters. The van der Waals surface area contributed by atoms with E-state index < -0.39 is 38.1 Å². The van der Waals surface area contributed by atoms with E-state index in [4.69, 9.17) is 14.5 Å². The zero-order valence-electron chi connectivity index (χ0n) is 29.5. The van der Waals surface area contributed by atoms with Crippen LogP contribution in [-0.4, -0.2) is 65.5 Å². The molecular formula is C37H42F3N7O5S. The zero-order chi connectivity index (χ0) is 37.4. The summed E-state index contributed by atoms with van der Waals surface area (Å²) in [6.45, 7) is 5.45. The van der Waals surface area contributed by atoms with Gasteiger partial charge in [0.05, 0.1) is 17.6 Å². The molecule has 1 amide bonds. The standard InChI is InChI=1S/C37H42F3N7O5S/c1-35(2)22-26-10-6-19-41-29-13-12-28(52-24-25-8-4-3-5-9-25)34(42-29)53(49,50)45-33(48)27-11-14-30(43-32(27)46(35)23-26)47-20-15-31(44-47)51-21-7-16-36(17-18-36)37(38,39)40/h3-5,8-9,11-15,20,26H,6-7,10,16-19,21-24H2,1-2H3,(H,41,42)(H,45,48)/t26-/m0/s1. The van der Waals surface area contributed by atoms with Gasteiger partial charge in [0, 0.05) is 30.9 Å². The van der Waals surface area contributed by atoms with E-state index in [-0.39, 0.29) is 67.8 Å². The SMILES string of the molecule is CC1(C)C[C@@H]2CCCNc3ccc(OCc4ccccc4)c(n3)S(=O)(=O)NC(=O)c3ccc(-n4ccc(OCCCC5(C(F)(F)F)CC5)n4)nc3N1C2. The number of nitrogens with one attached hydrogen (secondary N) is 2. The molecule has 1 aliphatic carbocycles. The molecule has 4 aromatic rings. The Bertz CT molecular complexity index is 2070. The van der Waals surface area contributed by atoms with Gasteiger partial charge in [-0.3, -0.25) is 4.79 Å². The molecule has 53 heavy (non-hydrogen) atoms. The van der Waals surface area contributed by atoms with Crippen molar-refractivity contribution in [3.05, 3.63) is 78.0 Å². The molecule has 5 heterocycles. The van der Waals surface area contributed by atoms with Gasteiger partial charge in [0.1, 0.15) is 18.2 Å². The van der Waals surface area contributed by atoms with E-state index in [1.165, 1.54) is 16.8 Å². The summed E-state index contributed by atoms with van der Waals surface area (Å²) in [6.07, 6.45) is 0.457. The van der Waals surface area contributed by atoms with Crippen LogP contribution in [0, 0.1) is 11.3 Å². The highest BCUT2D eigenvalue weighted by Crippen LogP contribution is 2.60. The van der Waals surface area contributed by atoms with E-state index in [1.807, 2.05) is 35.2 Å². The summed E-state index contributed by atoms with van der Waals surface area (Å²) in [5, 5.41) is 7.23. The first-order chi connectivity index (χ1) is 25.2. The van der Waals surface area contributed by atoms with E-state index in [1.54, 1.807) is 24.4 Å². The molecule has 3 aliphatic rings. The van der Waals surface area contributed by atoms with Crippen LogP contribution in [-0.2, 0) is 16.6 Å². The van der Waals surface area contributed by atoms with Gasteiger partial charge < -0.3 is 19.7 Å². The van der Waals surface area contributed by atoms with Crippen molar-refractivity contribution in [1.82, 2.24) is 24.5 Å². The molecule has 2 N–H and O–H groups in total. The van der Waals surface area contributed by atoms with E-state index in [2.05, 4.69) is 34.0 Å². The molecule has 0 radical (unpaired) electrons. The normalized spacial score (nSPS) is 20.3. The molecule has 16 heteroatoms. The molecule has 2 aliphatic heterocycles. The van der Waals surface area contributed by atoms with Crippen LogP contribution < -0.4 is 24.4 Å². The summed E-state index contributed by atoms with van der Waals surface area (Å²) < 4.78 is 83.1. The number of rotatable bonds is 9. The monoisotopic (exact) mass is 753 g/mol. The molecule has 1 atom stereocenters. The number of aromatic nitrogens is 4. The highest BCUT2D eigenvalue weighted by molar-refractivity contribution is 7.90. The maximum absolute atomic E-state index is 14.0. The number of ether oxygens (including phenoxy) is 2. The van der Waals surface area contributed by atoms with Crippen LogP contribution in [0.5, 0.6) is 11.6 Å². The fraction of sp³-hybridized carbons (Fsp3) is 0.459. The predicted octanol–water partition coefficient (Wildman–Crippen LogP) is 6.67. The Hall–Kier alpha value is -4.86. The molecule has 1 aromatic carbocycles. The Balaban J connectivity index is 1.16. The number of sulfonamides is 1. The van der Waals surface area contributed by atoms with Crippen molar-refractivity contribution in [2.45, 2.75) is 82.1 Å². The highest BCUT2D eigenvalue weighted by atomic mass is 32.2. The minimum absolute atomic E-state index is 0.00795. The number of hydrogen-bond donors (Lipinski definition) is 2. The van der Waals surface area contributed by atoms with Gasteiger partial charge in [-0.25, -0.2) is 19.4 Å². The Morgan fingerprint density at radius 3 is 2.55 bits per heavy atom. The van der Waals surface area contributed by atoms with E-state index in [0.29, 0.717) is 24.7 Å². The summed E-state index contributed by atoms with van der Waals surface area (Å²) in [4.78, 5) is 25.3. The smallest absolute Gasteiger partial charge is 0.394 e. The summed E-state index contributed by atoms with van der Waals surface area (Å²) in [7, 11) is -4.55. The van der Waals surface area contributed by atoms with Crippen molar-refractivity contribution >= 4 is 27.6 Å². The van der Waals surface area contributed by atoms with Gasteiger partial charge in [-0.1, -0.05) is 30.3 Å². The van der Waals surface area contributed by atoms with Crippen molar-refractivity contribution in [3.8, 4) is 17.4 Å². The topological polar surface area (TPSA) is 141 Å². The van der Waals surface area contributed by atoms with Crippen LogP contribution in [0.2, 0.25) is 0 Å². The summed E-state index contributed by atoms with van der Waals surface area (Å²) in [6, 6.07) is 17.1. The van der Waals surface area contributed by atoms with E-state index in [9.17, 15) is 26.4 Å². The van der Waals surface area contributed by atoms with Crippen molar-refractivity contribution < 1.29 is 35.9 Å². The predicted molar refractivity (Wildman–Crippen MR) is 191 cm³/mol. The van der Waals surface area contributed by atoms with Gasteiger partial charge in [-0.2, -0.15) is 21.6 Å². The Morgan fingerprint density at radius 2 is 1.79 bits per heavy atom. The third-order valence-corrected chi connectivity index (χ3v) is 11.5. The lowest BCUT2D eigenvalue weighted by Crippen LogP contribution is -2.41. The number of pyridine rings is 2. The average Bonchev–Trinajstić information content (AvgIpc) is 3.67. The number of hydrogen-bond acceptors (Lipinski definition) is 10. The van der Waals surface area contributed by atoms with Crippen LogP contribution >= 0.6 is 0 Å². The molecule has 7 rings (SSSR count). The molecule has 282 valence electrons. The summed E-state index contributed by atoms with van der Waals surface area (Å²) in [5.74, 6) is 0.573. The third-order valence-electron chi connectivity index (χ3n) is 10.3. The third kappa shape index (κ3) is 7.92. The number of alkyl halides is 3. The second-order valence-electron chi connectivity index (χ2n) is 14.6. The first-order valence-corrected chi connectivity index (χ1v) is 19.2. The summed E-state index contributed by atoms with van der Waals surface area (Å²) >= 11 is 0. The minimum Gasteiger partial charge on any atom is -0.486 e. The lowest BCUT2D eigenvalue weighted by Gasteiger charge is -2.34. The number of nitrogens with zero attached hydrogens (tertiary/aromatic N) is 5. The van der Waals surface area contributed by atoms with Gasteiger partial charge in [-0.15, -0.1) is 5.10 Å². The van der Waals surface area contributed by atoms with Crippen LogP contribution in [0.15, 0.2) is 71.9 Å². The maximum Gasteiger partial charge on any atom is 0.394 e. The number of halogens is 3. The Labute approximate surface area is 306 Å². The fourth-order valence-electron chi connectivity index (χ4n) is 7.22. The molecule has 3 aromatic heterocycles. The van der Waals surface area contributed by atoms with Crippen LogP contribution in [0.1, 0.15) is 74.7 Å². The van der Waals surface area contributed by atoms with Crippen molar-refractivity contribution in [3.63, 3.8) is 0 Å². The van der Waals surface area contributed by atoms with Crippen LogP contribution in [0.4, 0.5) is 24.8 Å². The van der Waals surface area contributed by atoms with Gasteiger partial charge in [-0.05, 0) is 94.5 Å². The number of carbonyl (C=O) groups excluding carboxylic acids is 1. The largest absolute Gasteiger partial charge is 0.486 e. The number of benzene rings is 1. The molecule has 12 nitrogen and oxygen atoms in total. The minimum atomic E-state index is -4.55. The first-order valence-electron chi connectivity index (χ1n) is 17.8. The second-order valence-corrected chi connectivity index (χ2v) is 16.2. The molecular weight excluding hydrogens is 712 g/mol. The van der Waals surface area contributed by atoms with Gasteiger partial charge in [0.25, 0.3) is 15.9 Å². The summed E-state index contributed by atoms with van der Waals surface area (Å²) in [5.41, 5.74) is -1.14. The molecule has 1 saturated heterocycles. The molecule has 1 saturated carbocycles. The number of amides is 1. The quantitative estimate of drug-likeness (QED) is 0.178. The Morgan fingerprint density at radius 1 is 1.00 bits per heavy atom. The number of anilines is 2. The molecule has 4 bridgehead atoms. The van der Waals surface area contributed by atoms with Crippen molar-refractivity contribution in [1.29, 1.82) is 0 Å². The first kappa shape index (κ1) is 36.5. The van der Waals surface area contributed by atoms with Gasteiger partial charge in [0.15, 0.2) is 11.6 Å². The highest BCUT2D eigenvalue weighted by Gasteiger charge is 2.62. The van der Waals surface area contributed by atoms with Gasteiger partial charge in [0.2, 0.25) is 10.9 Å². The van der Waals surface area contributed by atoms with Crippen molar-refractivity contribution in [2.24, 2.45) is 11.3 Å². The van der Waals surface area contributed by atoms with Crippen molar-refractivity contribution in [2.75, 3.05) is 29.9 Å². The average molecular weight is 754 g/mol. The van der Waals surface area contributed by atoms with Crippen LogP contribution in [0.25, 0.3) is 5.82 Å². The zero-order valence-corrected chi connectivity index (χ0v) is 30.3. The number of carbonyl (C=O) groups is 1. The lowest BCUT2D eigenvalue weighted by molar-refractivity contribution is -0.189. The van der Waals surface area contributed by atoms with E-state index >= 15 is 0 Å². The fourth-order valence-corrected chi connectivity index (χ4v) is 8.28. The maximum atomic E-state index is 14.0. The number of fused-ring (bicyclic) bond motifs is 6. The van der Waals surface area contributed by atoms with Gasteiger partial charge >= 0.3 is 6.18 Å². The lowest BCUT2D eigenvalue weighted by atomic mass is 9.93. The molecule has 0 spiro atoms. The second kappa shape index (κ2) is 14.2. The van der Waals surface area contributed by atoms with Crippen LogP contribution in [0.3, 0.4) is 0 Å². The van der Waals surface area contributed by atoms with E-state index in [0.717, 1.165) is 24.8 Å². The Kier molecular flexibility index (Phi) is 9.76. The molecule has 2 fully saturated rings.